The Kier molecular flexibility index (Phi) is 6.12. The molecule has 84 valence electrons. The second-order valence-electron chi connectivity index (χ2n) is 4.14. The lowest BCUT2D eigenvalue weighted by atomic mass is 10.1. The van der Waals surface area contributed by atoms with Crippen LogP contribution in [0.2, 0.25) is 0 Å². The Balaban J connectivity index is 2.27. The average molecular weight is 202 g/mol. The van der Waals surface area contributed by atoms with E-state index in [1.807, 2.05) is 0 Å². The molecule has 1 rings (SSSR count). The van der Waals surface area contributed by atoms with Gasteiger partial charge in [-0.2, -0.15) is 0 Å². The Labute approximate surface area is 86.9 Å². The van der Waals surface area contributed by atoms with Crippen LogP contribution >= 0.6 is 0 Å². The summed E-state index contributed by atoms with van der Waals surface area (Å²) >= 11 is 0. The molecule has 1 aliphatic rings. The predicted octanol–water partition coefficient (Wildman–Crippen LogP) is 1.81. The minimum absolute atomic E-state index is 0.178. The molecule has 0 spiro atoms. The first-order valence-electron chi connectivity index (χ1n) is 5.88. The van der Waals surface area contributed by atoms with Crippen molar-refractivity contribution in [3.05, 3.63) is 0 Å². The highest BCUT2D eigenvalue weighted by molar-refractivity contribution is 4.75. The largest absolute Gasteiger partial charge is 0.313 e. The van der Waals surface area contributed by atoms with Gasteiger partial charge in [0.2, 0.25) is 0 Å². The van der Waals surface area contributed by atoms with E-state index in [1.54, 1.807) is 0 Å². The molecule has 1 unspecified atom stereocenters. The van der Waals surface area contributed by atoms with Crippen molar-refractivity contribution in [3.63, 3.8) is 0 Å². The topological polar surface area (TPSA) is 15.3 Å². The predicted molar refractivity (Wildman–Crippen MR) is 58.3 cm³/mol. The fraction of sp³-hybridized carbons (Fsp3) is 1.00. The number of alkyl halides is 1. The third kappa shape index (κ3) is 4.38. The maximum Gasteiger partial charge on any atom is 0.0906 e. The summed E-state index contributed by atoms with van der Waals surface area (Å²) in [6.07, 6.45) is 4.37. The van der Waals surface area contributed by atoms with Gasteiger partial charge in [-0.15, -0.1) is 0 Å². The van der Waals surface area contributed by atoms with Gasteiger partial charge in [-0.05, 0) is 32.4 Å². The van der Waals surface area contributed by atoms with Crippen LogP contribution in [-0.4, -0.2) is 43.8 Å². The molecule has 1 atom stereocenters. The van der Waals surface area contributed by atoms with Crippen LogP contribution in [0.5, 0.6) is 0 Å². The van der Waals surface area contributed by atoms with Gasteiger partial charge in [-0.25, -0.2) is 0 Å². The molecule has 1 heterocycles. The molecule has 0 saturated carbocycles. The molecule has 0 aromatic heterocycles. The number of halogens is 1. The number of hydrogen-bond acceptors (Lipinski definition) is 2. The van der Waals surface area contributed by atoms with Crippen LogP contribution in [0.15, 0.2) is 0 Å². The second-order valence-corrected chi connectivity index (χ2v) is 4.14. The molecule has 1 aliphatic heterocycles. The summed E-state index contributed by atoms with van der Waals surface area (Å²) in [7, 11) is 0. The molecule has 3 heteroatoms. The summed E-state index contributed by atoms with van der Waals surface area (Å²) in [5, 5.41) is 3.55. The molecule has 0 radical (unpaired) electrons. The van der Waals surface area contributed by atoms with Gasteiger partial charge in [-0.3, -0.25) is 4.39 Å². The van der Waals surface area contributed by atoms with Crippen LogP contribution in [0.3, 0.4) is 0 Å². The van der Waals surface area contributed by atoms with E-state index in [0.717, 1.165) is 26.2 Å². The maximum atomic E-state index is 12.1. The van der Waals surface area contributed by atoms with Crippen molar-refractivity contribution in [3.8, 4) is 0 Å². The van der Waals surface area contributed by atoms with E-state index in [4.69, 9.17) is 0 Å². The van der Waals surface area contributed by atoms with Gasteiger partial charge in [0, 0.05) is 19.1 Å². The van der Waals surface area contributed by atoms with Crippen molar-refractivity contribution in [2.45, 2.75) is 38.6 Å². The highest BCUT2D eigenvalue weighted by Gasteiger charge is 2.15. The summed E-state index contributed by atoms with van der Waals surface area (Å²) in [4.78, 5) is 2.40. The first-order chi connectivity index (χ1) is 6.86. The smallest absolute Gasteiger partial charge is 0.0906 e. The number of nitrogens with zero attached hydrogens (tertiary/aromatic N) is 1. The SMILES string of the molecule is CCCC1CN(CCCF)CCCN1. The Morgan fingerprint density at radius 3 is 3.07 bits per heavy atom. The number of nitrogens with one attached hydrogen (secondary N) is 1. The molecule has 0 aromatic carbocycles. The van der Waals surface area contributed by atoms with E-state index in [1.165, 1.54) is 19.3 Å². The van der Waals surface area contributed by atoms with Gasteiger partial charge in [0.15, 0.2) is 0 Å². The van der Waals surface area contributed by atoms with Crippen LogP contribution < -0.4 is 5.32 Å². The number of rotatable bonds is 5. The molecule has 1 N–H and O–H groups in total. The summed E-state index contributed by atoms with van der Waals surface area (Å²) in [5.74, 6) is 0. The van der Waals surface area contributed by atoms with E-state index in [2.05, 4.69) is 17.1 Å². The van der Waals surface area contributed by atoms with Gasteiger partial charge < -0.3 is 10.2 Å². The van der Waals surface area contributed by atoms with E-state index in [-0.39, 0.29) is 6.67 Å². The lowest BCUT2D eigenvalue weighted by molar-refractivity contribution is 0.249. The summed E-state index contributed by atoms with van der Waals surface area (Å²) in [5.41, 5.74) is 0. The monoisotopic (exact) mass is 202 g/mol. The fourth-order valence-corrected chi connectivity index (χ4v) is 2.10. The standard InChI is InChI=1S/C11H23FN2/c1-2-5-11-10-14(8-3-6-12)9-4-7-13-11/h11,13H,2-10H2,1H3. The minimum atomic E-state index is -0.178. The van der Waals surface area contributed by atoms with Crippen molar-refractivity contribution >= 4 is 0 Å². The van der Waals surface area contributed by atoms with E-state index >= 15 is 0 Å². The molecule has 0 bridgehead atoms. The molecule has 1 saturated heterocycles. The van der Waals surface area contributed by atoms with Gasteiger partial charge in [0.1, 0.15) is 0 Å². The molecular weight excluding hydrogens is 179 g/mol. The zero-order chi connectivity index (χ0) is 10.2. The van der Waals surface area contributed by atoms with E-state index in [9.17, 15) is 4.39 Å². The lowest BCUT2D eigenvalue weighted by Gasteiger charge is -2.23. The Morgan fingerprint density at radius 1 is 1.50 bits per heavy atom. The Bertz CT molecular complexity index is 141. The molecule has 0 aromatic rings. The lowest BCUT2D eigenvalue weighted by Crippen LogP contribution is -2.38. The molecule has 0 amide bonds. The van der Waals surface area contributed by atoms with Crippen molar-refractivity contribution in [1.29, 1.82) is 0 Å². The van der Waals surface area contributed by atoms with Crippen LogP contribution in [0, 0.1) is 0 Å². The zero-order valence-electron chi connectivity index (χ0n) is 9.27. The van der Waals surface area contributed by atoms with Gasteiger partial charge >= 0.3 is 0 Å². The van der Waals surface area contributed by atoms with E-state index in [0.29, 0.717) is 12.5 Å². The van der Waals surface area contributed by atoms with Crippen LogP contribution in [0.4, 0.5) is 4.39 Å². The first kappa shape index (κ1) is 11.9. The molecular formula is C11H23FN2. The minimum Gasteiger partial charge on any atom is -0.313 e. The summed E-state index contributed by atoms with van der Waals surface area (Å²) in [6.45, 7) is 6.33. The van der Waals surface area contributed by atoms with Crippen molar-refractivity contribution < 1.29 is 4.39 Å². The molecule has 2 nitrogen and oxygen atoms in total. The van der Waals surface area contributed by atoms with Gasteiger partial charge in [0.05, 0.1) is 6.67 Å². The van der Waals surface area contributed by atoms with Crippen LogP contribution in [-0.2, 0) is 0 Å². The highest BCUT2D eigenvalue weighted by atomic mass is 19.1. The van der Waals surface area contributed by atoms with Crippen LogP contribution in [0.25, 0.3) is 0 Å². The summed E-state index contributed by atoms with van der Waals surface area (Å²) in [6, 6.07) is 0.627. The molecule has 1 fully saturated rings. The second kappa shape index (κ2) is 7.18. The fourth-order valence-electron chi connectivity index (χ4n) is 2.10. The van der Waals surface area contributed by atoms with Gasteiger partial charge in [0.25, 0.3) is 0 Å². The molecule has 14 heavy (non-hydrogen) atoms. The van der Waals surface area contributed by atoms with Crippen LogP contribution in [0.1, 0.15) is 32.6 Å². The third-order valence-electron chi connectivity index (χ3n) is 2.81. The Hall–Kier alpha value is -0.150. The summed E-state index contributed by atoms with van der Waals surface area (Å²) < 4.78 is 12.1. The Morgan fingerprint density at radius 2 is 2.36 bits per heavy atom. The highest BCUT2D eigenvalue weighted by Crippen LogP contribution is 2.06. The van der Waals surface area contributed by atoms with Crippen molar-refractivity contribution in [1.82, 2.24) is 10.2 Å². The zero-order valence-corrected chi connectivity index (χ0v) is 9.27. The third-order valence-corrected chi connectivity index (χ3v) is 2.81. The van der Waals surface area contributed by atoms with Crippen molar-refractivity contribution in [2.24, 2.45) is 0 Å². The average Bonchev–Trinajstić information content (AvgIpc) is 2.41. The number of hydrogen-bond donors (Lipinski definition) is 1. The molecule has 0 aliphatic carbocycles. The van der Waals surface area contributed by atoms with Crippen molar-refractivity contribution in [2.75, 3.05) is 32.9 Å². The normalized spacial score (nSPS) is 24.9. The van der Waals surface area contributed by atoms with E-state index < -0.39 is 0 Å². The maximum absolute atomic E-state index is 12.1. The first-order valence-corrected chi connectivity index (χ1v) is 5.88. The van der Waals surface area contributed by atoms with Gasteiger partial charge in [-0.1, -0.05) is 13.3 Å². The quantitative estimate of drug-likeness (QED) is 0.731.